The van der Waals surface area contributed by atoms with E-state index in [4.69, 9.17) is 4.74 Å². The molecule has 278 valence electrons. The molecule has 3 saturated heterocycles. The van der Waals surface area contributed by atoms with Crippen molar-refractivity contribution >= 4 is 10.9 Å². The highest BCUT2D eigenvalue weighted by atomic mass is 19.4. The van der Waals surface area contributed by atoms with Crippen molar-refractivity contribution in [3.8, 4) is 5.75 Å². The minimum atomic E-state index is -8.64. The van der Waals surface area contributed by atoms with Gasteiger partial charge in [0.1, 0.15) is 5.75 Å². The summed E-state index contributed by atoms with van der Waals surface area (Å²) in [6.45, 7) is 0.00167. The number of aliphatic hydroxyl groups excluding tert-OH is 1. The molecule has 0 radical (unpaired) electrons. The van der Waals surface area contributed by atoms with Gasteiger partial charge in [0.05, 0.1) is 18.7 Å². The summed E-state index contributed by atoms with van der Waals surface area (Å²) < 4.78 is 237. The van der Waals surface area contributed by atoms with Crippen LogP contribution >= 0.6 is 0 Å². The van der Waals surface area contributed by atoms with Crippen LogP contribution in [-0.2, 0) is 0 Å². The fourth-order valence-corrected chi connectivity index (χ4v) is 6.29. The molecular formula is C28H25F17N2O2. The molecule has 0 saturated carbocycles. The van der Waals surface area contributed by atoms with Gasteiger partial charge in [-0.05, 0) is 67.5 Å². The minimum absolute atomic E-state index is 0.0184. The number of methoxy groups -OCH3 is 1. The highest BCUT2D eigenvalue weighted by Crippen LogP contribution is 2.64. The highest BCUT2D eigenvalue weighted by molar-refractivity contribution is 5.84. The molecule has 0 amide bonds. The maximum absolute atomic E-state index is 14.6. The lowest BCUT2D eigenvalue weighted by Gasteiger charge is -2.51. The smallest absolute Gasteiger partial charge is 0.460 e. The van der Waals surface area contributed by atoms with E-state index < -0.39 is 84.5 Å². The topological polar surface area (TPSA) is 45.6 Å². The Morgan fingerprint density at radius 2 is 1.35 bits per heavy atom. The molecule has 2 bridgehead atoms. The summed E-state index contributed by atoms with van der Waals surface area (Å²) in [5.41, 5.74) is 0.843. The van der Waals surface area contributed by atoms with E-state index in [9.17, 15) is 79.7 Å². The van der Waals surface area contributed by atoms with Crippen molar-refractivity contribution in [1.82, 2.24) is 9.88 Å². The zero-order valence-electron chi connectivity index (χ0n) is 24.6. The monoisotopic (exact) mass is 744 g/mol. The van der Waals surface area contributed by atoms with Gasteiger partial charge in [0, 0.05) is 30.6 Å². The van der Waals surface area contributed by atoms with Gasteiger partial charge < -0.3 is 9.84 Å². The third-order valence-electron chi connectivity index (χ3n) is 9.22. The molecule has 4 heterocycles. The summed E-state index contributed by atoms with van der Waals surface area (Å²) in [6, 6.07) is 5.59. The van der Waals surface area contributed by atoms with E-state index in [-0.39, 0.29) is 25.9 Å². The Bertz CT molecular complexity index is 1510. The average molecular weight is 744 g/mol. The Kier molecular flexibility index (Phi) is 9.65. The zero-order chi connectivity index (χ0) is 37.4. The second kappa shape index (κ2) is 12.1. The van der Waals surface area contributed by atoms with Crippen LogP contribution in [0.15, 0.2) is 30.5 Å². The predicted molar refractivity (Wildman–Crippen MR) is 135 cm³/mol. The Labute approximate surface area is 265 Å². The number of pyridine rings is 1. The Balaban J connectivity index is 1.52. The van der Waals surface area contributed by atoms with Crippen molar-refractivity contribution in [2.24, 2.45) is 11.8 Å². The zero-order valence-corrected chi connectivity index (χ0v) is 24.6. The molecule has 21 heteroatoms. The number of nitrogens with zero attached hydrogens (tertiary/aromatic N) is 2. The number of fused-ring (bicyclic) bond motifs is 4. The quantitative estimate of drug-likeness (QED) is 0.221. The number of halogens is 17. The lowest BCUT2D eigenvalue weighted by molar-refractivity contribution is -0.461. The molecule has 1 N–H and O–H groups in total. The number of piperidine rings is 3. The predicted octanol–water partition coefficient (Wildman–Crippen LogP) is 8.78. The number of aromatic nitrogens is 1. The summed E-state index contributed by atoms with van der Waals surface area (Å²) in [5.74, 6) is -57.6. The van der Waals surface area contributed by atoms with E-state index in [1.54, 1.807) is 23.1 Å². The lowest BCUT2D eigenvalue weighted by atomic mass is 9.71. The first kappa shape index (κ1) is 39.0. The standard InChI is InChI=1S/C28H25F17N2O2/c1-49-15-2-3-18-17(11-15)16(5-8-46-18)20(48)19-10-13-6-9-47(19)12-14(13)4-7-21(29,30)22(31,32)23(33,34)24(35,36)25(37,38)26(39,40)27(41,42)28(43,44)45/h2-3,5,8,11,13-14,19-20,48H,4,6-7,9-10,12H2,1H3/t13-,14-,19+,20+/m0/s1. The number of ether oxygens (including phenoxy) is 1. The van der Waals surface area contributed by atoms with Crippen molar-refractivity contribution in [3.05, 3.63) is 36.0 Å². The van der Waals surface area contributed by atoms with Crippen LogP contribution in [0, 0.1) is 11.8 Å². The van der Waals surface area contributed by atoms with E-state index >= 15 is 0 Å². The van der Waals surface area contributed by atoms with Gasteiger partial charge in [-0.2, -0.15) is 74.6 Å². The third kappa shape index (κ3) is 5.83. The first-order chi connectivity index (χ1) is 22.1. The maximum Gasteiger partial charge on any atom is 0.460 e. The molecule has 1 aromatic heterocycles. The van der Waals surface area contributed by atoms with Crippen LogP contribution in [0.1, 0.15) is 37.4 Å². The van der Waals surface area contributed by atoms with Crippen LogP contribution in [0.2, 0.25) is 0 Å². The van der Waals surface area contributed by atoms with E-state index in [2.05, 4.69) is 4.98 Å². The average Bonchev–Trinajstić information content (AvgIpc) is 3.02. The molecule has 0 aliphatic carbocycles. The fourth-order valence-electron chi connectivity index (χ4n) is 6.29. The van der Waals surface area contributed by atoms with Crippen LogP contribution in [0.4, 0.5) is 74.6 Å². The highest BCUT2D eigenvalue weighted by Gasteiger charge is 2.95. The van der Waals surface area contributed by atoms with Gasteiger partial charge >= 0.3 is 47.6 Å². The first-order valence-corrected chi connectivity index (χ1v) is 14.2. The summed E-state index contributed by atoms with van der Waals surface area (Å²) in [5, 5.41) is 11.7. The van der Waals surface area contributed by atoms with Crippen LogP contribution in [0.5, 0.6) is 5.75 Å². The van der Waals surface area contributed by atoms with Gasteiger partial charge in [-0.3, -0.25) is 9.88 Å². The van der Waals surface area contributed by atoms with Gasteiger partial charge in [-0.25, -0.2) is 0 Å². The number of hydrogen-bond donors (Lipinski definition) is 1. The molecule has 49 heavy (non-hydrogen) atoms. The van der Waals surface area contributed by atoms with Crippen molar-refractivity contribution in [1.29, 1.82) is 0 Å². The summed E-state index contributed by atoms with van der Waals surface area (Å²) >= 11 is 0. The minimum Gasteiger partial charge on any atom is -0.497 e. The molecule has 3 aliphatic heterocycles. The number of hydrogen-bond acceptors (Lipinski definition) is 4. The molecule has 3 fully saturated rings. The molecule has 0 spiro atoms. The van der Waals surface area contributed by atoms with Crippen molar-refractivity contribution in [3.63, 3.8) is 0 Å². The van der Waals surface area contributed by atoms with E-state index in [0.29, 0.717) is 22.2 Å². The molecule has 3 aliphatic rings. The summed E-state index contributed by atoms with van der Waals surface area (Å²) in [6.07, 6.45) is -11.0. The number of aliphatic hydroxyl groups is 1. The van der Waals surface area contributed by atoms with Crippen molar-refractivity contribution in [2.75, 3.05) is 20.2 Å². The maximum atomic E-state index is 14.6. The Hall–Kier alpha value is -2.84. The summed E-state index contributed by atoms with van der Waals surface area (Å²) in [7, 11) is 1.39. The largest absolute Gasteiger partial charge is 0.497 e. The van der Waals surface area contributed by atoms with Gasteiger partial charge in [0.2, 0.25) is 0 Å². The van der Waals surface area contributed by atoms with E-state index in [0.717, 1.165) is 0 Å². The normalized spacial score (nSPS) is 24.0. The second-order valence-electron chi connectivity index (χ2n) is 12.0. The molecule has 5 atom stereocenters. The SMILES string of the molecule is COc1ccc2nccc([C@@H](O)[C@H]3C[C@@H]4CCN3C[C@@H]4CCC(F)(F)C(F)(F)C(F)(F)C(F)(F)C(F)(F)C(F)(F)C(F)(F)C(F)(F)F)c2c1. The molecule has 1 unspecified atom stereocenters. The molecular weight excluding hydrogens is 719 g/mol. The Morgan fingerprint density at radius 1 is 0.796 bits per heavy atom. The first-order valence-electron chi connectivity index (χ1n) is 14.2. The lowest BCUT2D eigenvalue weighted by Crippen LogP contribution is -2.74. The van der Waals surface area contributed by atoms with Crippen molar-refractivity contribution < 1.29 is 84.5 Å². The van der Waals surface area contributed by atoms with Gasteiger partial charge in [0.15, 0.2) is 0 Å². The van der Waals surface area contributed by atoms with Crippen LogP contribution in [-0.4, -0.2) is 88.9 Å². The molecule has 2 aromatic rings. The van der Waals surface area contributed by atoms with Crippen LogP contribution in [0.25, 0.3) is 10.9 Å². The Morgan fingerprint density at radius 3 is 1.86 bits per heavy atom. The second-order valence-corrected chi connectivity index (χ2v) is 12.0. The molecule has 1 aromatic carbocycles. The number of benzene rings is 1. The van der Waals surface area contributed by atoms with Gasteiger partial charge in [-0.1, -0.05) is 0 Å². The van der Waals surface area contributed by atoms with Gasteiger partial charge in [-0.15, -0.1) is 0 Å². The fraction of sp³-hybridized carbons (Fsp3) is 0.679. The van der Waals surface area contributed by atoms with Crippen LogP contribution < -0.4 is 4.74 Å². The number of alkyl halides is 17. The molecule has 5 rings (SSSR count). The van der Waals surface area contributed by atoms with E-state index in [1.165, 1.54) is 19.4 Å². The third-order valence-corrected chi connectivity index (χ3v) is 9.22. The van der Waals surface area contributed by atoms with Crippen molar-refractivity contribution in [2.45, 2.75) is 85.5 Å². The number of rotatable bonds is 12. The molecule has 4 nitrogen and oxygen atoms in total. The van der Waals surface area contributed by atoms with Crippen LogP contribution in [0.3, 0.4) is 0 Å². The summed E-state index contributed by atoms with van der Waals surface area (Å²) in [4.78, 5) is 5.74. The van der Waals surface area contributed by atoms with E-state index in [1.807, 2.05) is 0 Å². The van der Waals surface area contributed by atoms with Gasteiger partial charge in [0.25, 0.3) is 0 Å².